The average Bonchev–Trinajstić information content (AvgIpc) is 3.70. The van der Waals surface area contributed by atoms with Crippen LogP contribution in [0.5, 0.6) is 0 Å². The van der Waals surface area contributed by atoms with Crippen molar-refractivity contribution in [1.82, 2.24) is 9.13 Å². The van der Waals surface area contributed by atoms with E-state index in [1.54, 1.807) is 0 Å². The standard InChI is InChI=1S/C45H25N5/c46-26-29-20-21-45-40(22-29)37-15-4-5-16-41(37)49(45)33-11-9-10-30(23-33)38-24-31(27-47)32(28-48)25-39(38)36-14-3-8-19-44(36)50-42-17-6-1-12-34(42)35-13-2-7-18-43(35)50/h1-25H. The van der Waals surface area contributed by atoms with Crippen LogP contribution in [0.2, 0.25) is 0 Å². The van der Waals surface area contributed by atoms with Gasteiger partial charge >= 0.3 is 0 Å². The predicted molar refractivity (Wildman–Crippen MR) is 200 cm³/mol. The summed E-state index contributed by atoms with van der Waals surface area (Å²) in [6, 6.07) is 57.9. The number of benzene rings is 7. The number of fused-ring (bicyclic) bond motifs is 6. The molecule has 0 saturated heterocycles. The molecule has 9 aromatic rings. The van der Waals surface area contributed by atoms with Crippen molar-refractivity contribution in [2.45, 2.75) is 0 Å². The van der Waals surface area contributed by atoms with Crippen LogP contribution in [0.3, 0.4) is 0 Å². The second-order valence-electron chi connectivity index (χ2n) is 12.3. The van der Waals surface area contributed by atoms with Gasteiger partial charge in [0.15, 0.2) is 0 Å². The molecule has 5 nitrogen and oxygen atoms in total. The number of rotatable bonds is 4. The quantitative estimate of drug-likeness (QED) is 0.193. The Kier molecular flexibility index (Phi) is 6.56. The lowest BCUT2D eigenvalue weighted by Gasteiger charge is -2.18. The topological polar surface area (TPSA) is 81.2 Å². The Labute approximate surface area is 287 Å². The summed E-state index contributed by atoms with van der Waals surface area (Å²) in [4.78, 5) is 0. The maximum Gasteiger partial charge on any atom is 0.101 e. The Bertz CT molecular complexity index is 2920. The summed E-state index contributed by atoms with van der Waals surface area (Å²) in [6.45, 7) is 0. The molecule has 7 aromatic carbocycles. The minimum atomic E-state index is 0.326. The normalized spacial score (nSPS) is 11.1. The van der Waals surface area contributed by atoms with Crippen LogP contribution in [0, 0.1) is 34.0 Å². The summed E-state index contributed by atoms with van der Waals surface area (Å²) in [5.41, 5.74) is 11.0. The maximum absolute atomic E-state index is 10.2. The van der Waals surface area contributed by atoms with E-state index in [9.17, 15) is 15.8 Å². The highest BCUT2D eigenvalue weighted by atomic mass is 15.0. The first-order chi connectivity index (χ1) is 24.7. The third kappa shape index (κ3) is 4.31. The van der Waals surface area contributed by atoms with Gasteiger partial charge in [-0.05, 0) is 83.4 Å². The van der Waals surface area contributed by atoms with E-state index >= 15 is 0 Å². The number of nitriles is 3. The third-order valence-electron chi connectivity index (χ3n) is 9.63. The van der Waals surface area contributed by atoms with Crippen LogP contribution in [0.25, 0.3) is 77.2 Å². The van der Waals surface area contributed by atoms with Crippen molar-refractivity contribution in [3.63, 3.8) is 0 Å². The molecule has 0 atom stereocenters. The highest BCUT2D eigenvalue weighted by Crippen LogP contribution is 2.42. The first-order valence-electron chi connectivity index (χ1n) is 16.3. The largest absolute Gasteiger partial charge is 0.309 e. The van der Waals surface area contributed by atoms with E-state index in [1.807, 2.05) is 60.7 Å². The van der Waals surface area contributed by atoms with E-state index in [-0.39, 0.29) is 0 Å². The molecule has 0 spiro atoms. The molecule has 0 N–H and O–H groups in total. The number of hydrogen-bond donors (Lipinski definition) is 0. The number of hydrogen-bond acceptors (Lipinski definition) is 3. The van der Waals surface area contributed by atoms with Gasteiger partial charge in [0.05, 0.1) is 50.5 Å². The third-order valence-corrected chi connectivity index (χ3v) is 9.63. The zero-order valence-corrected chi connectivity index (χ0v) is 26.7. The van der Waals surface area contributed by atoms with Crippen LogP contribution in [0.4, 0.5) is 0 Å². The van der Waals surface area contributed by atoms with E-state index in [2.05, 4.69) is 118 Å². The molecule has 2 aromatic heterocycles. The number of nitrogens with zero attached hydrogens (tertiary/aromatic N) is 5. The molecule has 0 radical (unpaired) electrons. The van der Waals surface area contributed by atoms with E-state index in [4.69, 9.17) is 0 Å². The van der Waals surface area contributed by atoms with Crippen LogP contribution in [-0.2, 0) is 0 Å². The zero-order valence-electron chi connectivity index (χ0n) is 26.7. The molecule has 0 amide bonds. The minimum Gasteiger partial charge on any atom is -0.309 e. The number of para-hydroxylation sites is 4. The van der Waals surface area contributed by atoms with Gasteiger partial charge in [-0.2, -0.15) is 15.8 Å². The van der Waals surface area contributed by atoms with Crippen molar-refractivity contribution < 1.29 is 0 Å². The summed E-state index contributed by atoms with van der Waals surface area (Å²) in [5, 5.41) is 34.4. The molecule has 0 fully saturated rings. The molecule has 2 heterocycles. The maximum atomic E-state index is 10.2. The Morgan fingerprint density at radius 1 is 0.380 bits per heavy atom. The van der Waals surface area contributed by atoms with Crippen molar-refractivity contribution in [2.24, 2.45) is 0 Å². The molecule has 0 unspecified atom stereocenters. The summed E-state index contributed by atoms with van der Waals surface area (Å²) in [6.07, 6.45) is 0. The van der Waals surface area contributed by atoms with Crippen molar-refractivity contribution >= 4 is 43.6 Å². The lowest BCUT2D eigenvalue weighted by Crippen LogP contribution is -2.00. The van der Waals surface area contributed by atoms with Crippen molar-refractivity contribution in [1.29, 1.82) is 15.8 Å². The van der Waals surface area contributed by atoms with Gasteiger partial charge in [0.25, 0.3) is 0 Å². The van der Waals surface area contributed by atoms with Crippen LogP contribution < -0.4 is 0 Å². The van der Waals surface area contributed by atoms with E-state index < -0.39 is 0 Å². The average molecular weight is 636 g/mol. The summed E-state index contributed by atoms with van der Waals surface area (Å²) < 4.78 is 4.51. The minimum absolute atomic E-state index is 0.326. The van der Waals surface area contributed by atoms with E-state index in [0.29, 0.717) is 16.7 Å². The fourth-order valence-corrected chi connectivity index (χ4v) is 7.46. The Hall–Kier alpha value is -7.39. The second-order valence-corrected chi connectivity index (χ2v) is 12.3. The van der Waals surface area contributed by atoms with Gasteiger partial charge in [-0.3, -0.25) is 0 Å². The molecule has 0 bridgehead atoms. The molecule has 0 aliphatic carbocycles. The molecule has 50 heavy (non-hydrogen) atoms. The predicted octanol–water partition coefficient (Wildman–Crippen LogP) is 10.8. The van der Waals surface area contributed by atoms with Crippen molar-refractivity contribution in [2.75, 3.05) is 0 Å². The van der Waals surface area contributed by atoms with Crippen LogP contribution in [-0.4, -0.2) is 9.13 Å². The molecular formula is C45H25N5. The van der Waals surface area contributed by atoms with E-state index in [1.165, 1.54) is 0 Å². The molecule has 0 aliphatic rings. The fraction of sp³-hybridized carbons (Fsp3) is 0. The van der Waals surface area contributed by atoms with Gasteiger partial charge in [-0.1, -0.05) is 84.9 Å². The van der Waals surface area contributed by atoms with Gasteiger partial charge in [0.2, 0.25) is 0 Å². The van der Waals surface area contributed by atoms with Gasteiger partial charge in [-0.15, -0.1) is 0 Å². The first-order valence-corrected chi connectivity index (χ1v) is 16.3. The smallest absolute Gasteiger partial charge is 0.101 e. The SMILES string of the molecule is N#Cc1ccc2c(c1)c1ccccc1n2-c1cccc(-c2cc(C#N)c(C#N)cc2-c2ccccc2-n2c3ccccc3c3ccccc32)c1. The highest BCUT2D eigenvalue weighted by molar-refractivity contribution is 6.11. The highest BCUT2D eigenvalue weighted by Gasteiger charge is 2.20. The molecule has 9 rings (SSSR count). The molecular weight excluding hydrogens is 611 g/mol. The van der Waals surface area contributed by atoms with Crippen LogP contribution >= 0.6 is 0 Å². The summed E-state index contributed by atoms with van der Waals surface area (Å²) in [7, 11) is 0. The second kappa shape index (κ2) is 11.4. The molecule has 230 valence electrons. The molecule has 0 saturated carbocycles. The van der Waals surface area contributed by atoms with Gasteiger partial charge in [0, 0.05) is 32.8 Å². The lowest BCUT2D eigenvalue weighted by atomic mass is 9.89. The van der Waals surface area contributed by atoms with Crippen molar-refractivity contribution in [3.8, 4) is 51.8 Å². The summed E-state index contributed by atoms with van der Waals surface area (Å²) in [5.74, 6) is 0. The Morgan fingerprint density at radius 2 is 0.940 bits per heavy atom. The van der Waals surface area contributed by atoms with Gasteiger partial charge < -0.3 is 9.13 Å². The molecule has 0 aliphatic heterocycles. The number of aromatic nitrogens is 2. The zero-order chi connectivity index (χ0) is 33.8. The van der Waals surface area contributed by atoms with Crippen LogP contribution in [0.1, 0.15) is 16.7 Å². The Balaban J connectivity index is 1.31. The van der Waals surface area contributed by atoms with Gasteiger partial charge in [0.1, 0.15) is 12.1 Å². The molecule has 5 heteroatoms. The van der Waals surface area contributed by atoms with E-state index in [0.717, 1.165) is 77.2 Å². The van der Waals surface area contributed by atoms with Crippen LogP contribution in [0.15, 0.2) is 152 Å². The van der Waals surface area contributed by atoms with Crippen molar-refractivity contribution in [3.05, 3.63) is 168 Å². The van der Waals surface area contributed by atoms with Gasteiger partial charge in [-0.25, -0.2) is 0 Å². The summed E-state index contributed by atoms with van der Waals surface area (Å²) >= 11 is 0. The lowest BCUT2D eigenvalue weighted by molar-refractivity contribution is 1.18. The monoisotopic (exact) mass is 635 g/mol. The Morgan fingerprint density at radius 3 is 1.60 bits per heavy atom. The first kappa shape index (κ1) is 28.8. The fourth-order valence-electron chi connectivity index (χ4n) is 7.46.